The Morgan fingerprint density at radius 2 is 2.52 bits per heavy atom. The summed E-state index contributed by atoms with van der Waals surface area (Å²) in [4.78, 5) is 12.5. The third-order valence-electron chi connectivity index (χ3n) is 4.52. The second-order valence-electron chi connectivity index (χ2n) is 6.19. The Labute approximate surface area is 129 Å². The van der Waals surface area contributed by atoms with Crippen LogP contribution < -0.4 is 5.32 Å². The van der Waals surface area contributed by atoms with Crippen LogP contribution in [0, 0.1) is 5.92 Å². The molecule has 0 aromatic carbocycles. The first-order valence-corrected chi connectivity index (χ1v) is 8.59. The summed E-state index contributed by atoms with van der Waals surface area (Å²) < 4.78 is 7.78. The van der Waals surface area contributed by atoms with Crippen LogP contribution in [0.25, 0.3) is 0 Å². The number of carbonyl (C=O) groups excluding carboxylic acids is 1. The van der Waals surface area contributed by atoms with E-state index in [0.29, 0.717) is 6.61 Å². The maximum atomic E-state index is 12.5. The molecule has 116 valence electrons. The van der Waals surface area contributed by atoms with E-state index in [9.17, 15) is 4.79 Å². The lowest BCUT2D eigenvalue weighted by atomic mass is 9.97. The Balaban J connectivity index is 1.62. The molecule has 0 bridgehead atoms. The van der Waals surface area contributed by atoms with Crippen LogP contribution in [0.5, 0.6) is 0 Å². The Morgan fingerprint density at radius 1 is 1.67 bits per heavy atom. The molecule has 3 atom stereocenters. The molecule has 5 nitrogen and oxygen atoms in total. The largest absolute Gasteiger partial charge is 0.371 e. The van der Waals surface area contributed by atoms with E-state index in [2.05, 4.69) is 17.3 Å². The van der Waals surface area contributed by atoms with Crippen molar-refractivity contribution in [2.75, 3.05) is 18.9 Å². The molecule has 1 amide bonds. The van der Waals surface area contributed by atoms with Gasteiger partial charge in [-0.1, -0.05) is 0 Å². The van der Waals surface area contributed by atoms with E-state index in [0.717, 1.165) is 18.7 Å². The second-order valence-corrected chi connectivity index (χ2v) is 7.87. The molecule has 0 unspecified atom stereocenters. The molecular formula is C15H23N3O2S. The topological polar surface area (TPSA) is 56.2 Å². The molecule has 3 heterocycles. The van der Waals surface area contributed by atoms with Gasteiger partial charge >= 0.3 is 0 Å². The van der Waals surface area contributed by atoms with Crippen LogP contribution in [-0.2, 0) is 16.6 Å². The maximum absolute atomic E-state index is 12.5. The number of amides is 1. The van der Waals surface area contributed by atoms with Crippen LogP contribution in [0.1, 0.15) is 38.0 Å². The smallest absolute Gasteiger partial charge is 0.226 e. The normalized spacial score (nSPS) is 32.5. The van der Waals surface area contributed by atoms with Gasteiger partial charge in [-0.25, -0.2) is 0 Å². The Kier molecular flexibility index (Phi) is 4.26. The van der Waals surface area contributed by atoms with Crippen molar-refractivity contribution in [2.45, 2.75) is 37.0 Å². The lowest BCUT2D eigenvalue weighted by Crippen LogP contribution is -2.40. The SMILES string of the molecule is Cn1nccc1[C@@H]1OCC[C@H]1C(=O)NC[C@@]1(C)CCCS1. The monoisotopic (exact) mass is 309 g/mol. The zero-order valence-electron chi connectivity index (χ0n) is 12.7. The summed E-state index contributed by atoms with van der Waals surface area (Å²) in [6.07, 6.45) is 4.81. The first kappa shape index (κ1) is 14.9. The Bertz CT molecular complexity index is 511. The van der Waals surface area contributed by atoms with Gasteiger partial charge in [0.2, 0.25) is 5.91 Å². The fourth-order valence-corrected chi connectivity index (χ4v) is 4.44. The molecule has 1 N–H and O–H groups in total. The van der Waals surface area contributed by atoms with Gasteiger partial charge in [-0.15, -0.1) is 0 Å². The van der Waals surface area contributed by atoms with Gasteiger partial charge in [0.15, 0.2) is 0 Å². The fraction of sp³-hybridized carbons (Fsp3) is 0.733. The number of rotatable bonds is 4. The first-order valence-electron chi connectivity index (χ1n) is 7.60. The summed E-state index contributed by atoms with van der Waals surface area (Å²) in [6, 6.07) is 1.93. The van der Waals surface area contributed by atoms with Crippen molar-refractivity contribution in [1.29, 1.82) is 0 Å². The molecule has 6 heteroatoms. The third kappa shape index (κ3) is 3.11. The van der Waals surface area contributed by atoms with Crippen LogP contribution in [-0.4, -0.2) is 39.3 Å². The van der Waals surface area contributed by atoms with E-state index < -0.39 is 0 Å². The number of aromatic nitrogens is 2. The zero-order valence-corrected chi connectivity index (χ0v) is 13.5. The summed E-state index contributed by atoms with van der Waals surface area (Å²) in [5, 5.41) is 7.33. The minimum atomic E-state index is -0.165. The van der Waals surface area contributed by atoms with Gasteiger partial charge in [0.25, 0.3) is 0 Å². The van der Waals surface area contributed by atoms with Crippen LogP contribution in [0.2, 0.25) is 0 Å². The van der Waals surface area contributed by atoms with Gasteiger partial charge in [-0.05, 0) is 38.0 Å². The lowest BCUT2D eigenvalue weighted by Gasteiger charge is -2.25. The van der Waals surface area contributed by atoms with Gasteiger partial charge in [0.1, 0.15) is 6.10 Å². The number of nitrogens with one attached hydrogen (secondary N) is 1. The molecule has 2 aliphatic heterocycles. The minimum Gasteiger partial charge on any atom is -0.371 e. The maximum Gasteiger partial charge on any atom is 0.226 e. The molecule has 0 spiro atoms. The summed E-state index contributed by atoms with van der Waals surface area (Å²) in [7, 11) is 1.89. The predicted octanol–water partition coefficient (Wildman–Crippen LogP) is 1.90. The predicted molar refractivity (Wildman–Crippen MR) is 83.1 cm³/mol. The summed E-state index contributed by atoms with van der Waals surface area (Å²) >= 11 is 1.97. The van der Waals surface area contributed by atoms with Crippen molar-refractivity contribution >= 4 is 17.7 Å². The summed E-state index contributed by atoms with van der Waals surface area (Å²) in [5.41, 5.74) is 0.981. The van der Waals surface area contributed by atoms with Gasteiger partial charge in [-0.2, -0.15) is 16.9 Å². The molecule has 0 saturated carbocycles. The molecule has 0 radical (unpaired) electrons. The lowest BCUT2D eigenvalue weighted by molar-refractivity contribution is -0.127. The highest BCUT2D eigenvalue weighted by Gasteiger charge is 2.38. The molecule has 2 saturated heterocycles. The Morgan fingerprint density at radius 3 is 3.19 bits per heavy atom. The number of thioether (sulfide) groups is 1. The number of ether oxygens (including phenoxy) is 1. The molecule has 1 aromatic rings. The van der Waals surface area contributed by atoms with Crippen molar-refractivity contribution in [1.82, 2.24) is 15.1 Å². The fourth-order valence-electron chi connectivity index (χ4n) is 3.19. The van der Waals surface area contributed by atoms with Crippen molar-refractivity contribution in [3.8, 4) is 0 Å². The second kappa shape index (κ2) is 6.01. The first-order chi connectivity index (χ1) is 10.1. The average molecular weight is 309 g/mol. The van der Waals surface area contributed by atoms with Crippen molar-refractivity contribution < 1.29 is 9.53 Å². The molecule has 3 rings (SSSR count). The standard InChI is InChI=1S/C15H23N3O2S/c1-15(6-3-9-21-15)10-16-14(19)11-5-8-20-13(11)12-4-7-17-18(12)2/h4,7,11,13H,3,5-6,8-10H2,1-2H3,(H,16,19)/t11-,13-,15-/m1/s1. The molecule has 2 aliphatic rings. The van der Waals surface area contributed by atoms with E-state index in [1.807, 2.05) is 24.9 Å². The average Bonchev–Trinajstić information content (AvgIpc) is 3.17. The minimum absolute atomic E-state index is 0.101. The number of hydrogen-bond donors (Lipinski definition) is 1. The number of carbonyl (C=O) groups is 1. The molecule has 21 heavy (non-hydrogen) atoms. The van der Waals surface area contributed by atoms with Crippen LogP contribution in [0.15, 0.2) is 12.3 Å². The highest BCUT2D eigenvalue weighted by Crippen LogP contribution is 2.38. The van der Waals surface area contributed by atoms with Crippen molar-refractivity contribution in [3.63, 3.8) is 0 Å². The molecule has 1 aromatic heterocycles. The molecule has 0 aliphatic carbocycles. The number of nitrogens with zero attached hydrogens (tertiary/aromatic N) is 2. The van der Waals surface area contributed by atoms with E-state index in [-0.39, 0.29) is 22.7 Å². The van der Waals surface area contributed by atoms with E-state index in [4.69, 9.17) is 4.74 Å². The van der Waals surface area contributed by atoms with Gasteiger partial charge in [0, 0.05) is 31.1 Å². The van der Waals surface area contributed by atoms with Gasteiger partial charge in [-0.3, -0.25) is 9.48 Å². The highest BCUT2D eigenvalue weighted by atomic mass is 32.2. The van der Waals surface area contributed by atoms with Crippen LogP contribution in [0.4, 0.5) is 0 Å². The van der Waals surface area contributed by atoms with Crippen molar-refractivity contribution in [2.24, 2.45) is 13.0 Å². The number of hydrogen-bond acceptors (Lipinski definition) is 4. The van der Waals surface area contributed by atoms with Crippen molar-refractivity contribution in [3.05, 3.63) is 18.0 Å². The molecular weight excluding hydrogens is 286 g/mol. The van der Waals surface area contributed by atoms with E-state index >= 15 is 0 Å². The Hall–Kier alpha value is -1.01. The van der Waals surface area contributed by atoms with E-state index in [1.165, 1.54) is 18.6 Å². The highest BCUT2D eigenvalue weighted by molar-refractivity contribution is 8.00. The van der Waals surface area contributed by atoms with E-state index in [1.54, 1.807) is 10.9 Å². The third-order valence-corrected chi connectivity index (χ3v) is 6.05. The van der Waals surface area contributed by atoms with Gasteiger partial charge < -0.3 is 10.1 Å². The quantitative estimate of drug-likeness (QED) is 0.923. The number of aryl methyl sites for hydroxylation is 1. The van der Waals surface area contributed by atoms with Gasteiger partial charge in [0.05, 0.1) is 11.6 Å². The summed E-state index contributed by atoms with van der Waals surface area (Å²) in [6.45, 7) is 3.64. The molecule has 2 fully saturated rings. The van der Waals surface area contributed by atoms with Crippen LogP contribution >= 0.6 is 11.8 Å². The zero-order chi connectivity index (χ0) is 14.9. The summed E-state index contributed by atoms with van der Waals surface area (Å²) in [5.74, 6) is 1.22. The van der Waals surface area contributed by atoms with Crippen LogP contribution in [0.3, 0.4) is 0 Å².